The van der Waals surface area contributed by atoms with E-state index in [0.29, 0.717) is 6.42 Å². The van der Waals surface area contributed by atoms with Gasteiger partial charge >= 0.3 is 11.6 Å². The van der Waals surface area contributed by atoms with Crippen LogP contribution in [-0.4, -0.2) is 137 Å². The van der Waals surface area contributed by atoms with Gasteiger partial charge in [-0.2, -0.15) is 5.23 Å². The number of nitro groups is 1. The Morgan fingerprint density at radius 3 is 1.65 bits per heavy atom. The van der Waals surface area contributed by atoms with E-state index in [0.717, 1.165) is 71.9 Å². The van der Waals surface area contributed by atoms with Crippen molar-refractivity contribution in [2.45, 2.75) is 26.7 Å². The first kappa shape index (κ1) is 42.7. The molecule has 51 heavy (non-hydrogen) atoms. The molecule has 0 radical (unpaired) electrons. The molecule has 19 heteroatoms. The van der Waals surface area contributed by atoms with Crippen molar-refractivity contribution in [2.75, 3.05) is 78.7 Å². The van der Waals surface area contributed by atoms with Gasteiger partial charge in [-0.25, -0.2) is 14.8 Å². The Balaban J connectivity index is 0.000000292. The second-order valence-corrected chi connectivity index (χ2v) is 11.6. The molecule has 4 rings (SSSR count). The number of quaternary nitrogens is 1. The summed E-state index contributed by atoms with van der Waals surface area (Å²) in [6.45, 7) is 12.1. The van der Waals surface area contributed by atoms with Crippen LogP contribution in [0, 0.1) is 15.3 Å². The highest BCUT2D eigenvalue weighted by Crippen LogP contribution is 2.18. The smallest absolute Gasteiger partial charge is 0.513 e. The third-order valence-corrected chi connectivity index (χ3v) is 7.73. The first-order chi connectivity index (χ1) is 24.3. The third kappa shape index (κ3) is 17.4. The number of nitro benzene ring substituents is 1. The maximum Gasteiger partial charge on any atom is 0.513 e. The molecule has 0 saturated carbocycles. The van der Waals surface area contributed by atoms with Crippen LogP contribution in [0.15, 0.2) is 48.5 Å². The van der Waals surface area contributed by atoms with Crippen LogP contribution in [0.3, 0.4) is 0 Å². The number of halogens is 1. The zero-order chi connectivity index (χ0) is 37.8. The number of ether oxygens (including phenoxy) is 3. The molecule has 2 aliphatic rings. The number of aliphatic hydroxyl groups excluding tert-OH is 1. The fraction of sp³-hybridized carbons (Fsp3) is 0.500. The van der Waals surface area contributed by atoms with Crippen molar-refractivity contribution in [3.63, 3.8) is 0 Å². The number of benzene rings is 2. The standard InChI is InChI=1S/C16H23N3O6.C9H18N2O2.C7H4ClNO4/c1-13(20)18-10-8-17(9-11-18)7-2-12-24-16(21)25-15-5-3-14(4-6-15)19(22)23;1-9(13)11-6-4-10(5-7-11)3-2-8-12;8-7(10)13-6-3-1-5(2-4-6)9(11)12/h3-6,19,22H,2,7-12H2,1H3;12H,2-8H2,1H3;1-4H. The van der Waals surface area contributed by atoms with E-state index in [1.807, 2.05) is 9.80 Å². The number of piperazine rings is 2. The van der Waals surface area contributed by atoms with Gasteiger partial charge in [0.05, 0.1) is 11.5 Å². The zero-order valence-electron chi connectivity index (χ0n) is 28.6. The van der Waals surface area contributed by atoms with E-state index < -0.39 is 21.7 Å². The normalized spacial score (nSPS) is 15.3. The van der Waals surface area contributed by atoms with E-state index >= 15 is 0 Å². The quantitative estimate of drug-likeness (QED) is 0.0750. The molecule has 2 saturated heterocycles. The number of rotatable bonds is 11. The van der Waals surface area contributed by atoms with Crippen molar-refractivity contribution >= 4 is 46.4 Å². The second kappa shape index (κ2) is 23.1. The van der Waals surface area contributed by atoms with Gasteiger partial charge in [-0.3, -0.25) is 29.5 Å². The number of hydrogen-bond acceptors (Lipinski definition) is 14. The second-order valence-electron chi connectivity index (χ2n) is 11.2. The highest BCUT2D eigenvalue weighted by atomic mass is 35.5. The summed E-state index contributed by atoms with van der Waals surface area (Å²) in [5.41, 5.74) is -0.936. The van der Waals surface area contributed by atoms with E-state index in [1.165, 1.54) is 48.5 Å². The van der Waals surface area contributed by atoms with Gasteiger partial charge in [0.25, 0.3) is 5.69 Å². The summed E-state index contributed by atoms with van der Waals surface area (Å²) in [6.07, 6.45) is 0.692. The fourth-order valence-corrected chi connectivity index (χ4v) is 4.92. The van der Waals surface area contributed by atoms with Crippen molar-refractivity contribution in [2.24, 2.45) is 0 Å². The summed E-state index contributed by atoms with van der Waals surface area (Å²) in [5, 5.41) is 37.3. The summed E-state index contributed by atoms with van der Waals surface area (Å²) < 4.78 is 14.4. The van der Waals surface area contributed by atoms with Crippen LogP contribution in [0.5, 0.6) is 11.5 Å². The summed E-state index contributed by atoms with van der Waals surface area (Å²) >= 11 is 4.92. The number of non-ortho nitro benzene ring substituents is 1. The summed E-state index contributed by atoms with van der Waals surface area (Å²) in [5.74, 6) is 0.671. The first-order valence-electron chi connectivity index (χ1n) is 16.1. The van der Waals surface area contributed by atoms with Crippen LogP contribution in [-0.2, 0) is 14.3 Å². The molecule has 2 fully saturated rings. The van der Waals surface area contributed by atoms with Crippen molar-refractivity contribution < 1.29 is 53.9 Å². The number of carbonyl (C=O) groups is 4. The number of amides is 2. The van der Waals surface area contributed by atoms with E-state index in [9.17, 15) is 34.5 Å². The third-order valence-electron chi connectivity index (χ3n) is 7.65. The lowest BCUT2D eigenvalue weighted by molar-refractivity contribution is -0.991. The molecule has 2 aliphatic heterocycles. The molecule has 0 spiro atoms. The lowest BCUT2D eigenvalue weighted by atomic mass is 10.3. The maximum absolute atomic E-state index is 11.6. The van der Waals surface area contributed by atoms with Crippen LogP contribution in [0.25, 0.3) is 0 Å². The Hall–Kier alpha value is -4.43. The van der Waals surface area contributed by atoms with E-state index in [2.05, 4.69) is 14.5 Å². The molecule has 2 aromatic carbocycles. The van der Waals surface area contributed by atoms with Gasteiger partial charge < -0.3 is 34.3 Å². The Labute approximate surface area is 300 Å². The fourth-order valence-electron chi connectivity index (χ4n) is 4.83. The molecule has 0 aliphatic carbocycles. The number of nitrogens with zero attached hydrogens (tertiary/aromatic N) is 5. The lowest BCUT2D eigenvalue weighted by Crippen LogP contribution is -2.99. The minimum atomic E-state index is -1.04. The van der Waals surface area contributed by atoms with Gasteiger partial charge in [0.15, 0.2) is 5.69 Å². The Kier molecular flexibility index (Phi) is 19.4. The summed E-state index contributed by atoms with van der Waals surface area (Å²) in [4.78, 5) is 61.9. The predicted octanol–water partition coefficient (Wildman–Crippen LogP) is 2.02. The molecular weight excluding hydrogens is 696 g/mol. The molecule has 0 aromatic heterocycles. The monoisotopic (exact) mass is 740 g/mol. The number of hydrogen-bond donors (Lipinski definition) is 3. The maximum atomic E-state index is 11.6. The van der Waals surface area contributed by atoms with Gasteiger partial charge in [-0.1, -0.05) is 0 Å². The topological polar surface area (TPSA) is 220 Å². The molecule has 2 aromatic rings. The van der Waals surface area contributed by atoms with Crippen LogP contribution in [0.1, 0.15) is 26.7 Å². The van der Waals surface area contributed by atoms with E-state index in [1.54, 1.807) is 13.8 Å². The zero-order valence-corrected chi connectivity index (χ0v) is 29.4. The van der Waals surface area contributed by atoms with E-state index in [4.69, 9.17) is 31.4 Å². The number of nitrogens with one attached hydrogen (secondary N) is 1. The van der Waals surface area contributed by atoms with Crippen molar-refractivity contribution in [1.29, 1.82) is 0 Å². The Morgan fingerprint density at radius 1 is 0.784 bits per heavy atom. The molecule has 0 bridgehead atoms. The molecular formula is C32H45ClN6O12. The lowest BCUT2D eigenvalue weighted by Gasteiger charge is -2.34. The molecule has 1 unspecified atom stereocenters. The molecule has 2 heterocycles. The van der Waals surface area contributed by atoms with Crippen molar-refractivity contribution in [3.05, 3.63) is 63.9 Å². The first-order valence-corrected chi connectivity index (χ1v) is 16.5. The Morgan fingerprint density at radius 2 is 1.24 bits per heavy atom. The van der Waals surface area contributed by atoms with Crippen molar-refractivity contribution in [1.82, 2.24) is 19.6 Å². The molecule has 3 N–H and O–H groups in total. The highest BCUT2D eigenvalue weighted by molar-refractivity contribution is 6.61. The van der Waals surface area contributed by atoms with Crippen LogP contribution >= 0.6 is 11.6 Å². The van der Waals surface area contributed by atoms with Gasteiger partial charge in [0.2, 0.25) is 11.8 Å². The van der Waals surface area contributed by atoms with Gasteiger partial charge in [-0.15, -0.1) is 0 Å². The highest BCUT2D eigenvalue weighted by Gasteiger charge is 2.19. The summed E-state index contributed by atoms with van der Waals surface area (Å²) in [6, 6.07) is 10.5. The number of carbonyl (C=O) groups excluding carboxylic acids is 4. The average molecular weight is 741 g/mol. The van der Waals surface area contributed by atoms with Crippen LogP contribution in [0.4, 0.5) is 21.0 Å². The van der Waals surface area contributed by atoms with Crippen LogP contribution in [0.2, 0.25) is 0 Å². The molecule has 2 amide bonds. The van der Waals surface area contributed by atoms with Crippen molar-refractivity contribution in [3.8, 4) is 11.5 Å². The predicted molar refractivity (Wildman–Crippen MR) is 183 cm³/mol. The largest absolute Gasteiger partial charge is 0.595 e. The minimum absolute atomic E-state index is 0.0747. The average Bonchev–Trinajstić information content (AvgIpc) is 3.10. The van der Waals surface area contributed by atoms with E-state index in [-0.39, 0.29) is 47.9 Å². The molecule has 282 valence electrons. The van der Waals surface area contributed by atoms with Gasteiger partial charge in [0, 0.05) is 122 Å². The van der Waals surface area contributed by atoms with Gasteiger partial charge in [0.1, 0.15) is 11.5 Å². The Bertz CT molecular complexity index is 1380. The molecule has 18 nitrogen and oxygen atoms in total. The van der Waals surface area contributed by atoms with Gasteiger partial charge in [-0.05, 0) is 37.1 Å². The number of aliphatic hydroxyl groups is 1. The van der Waals surface area contributed by atoms with Crippen LogP contribution < -0.4 is 14.7 Å². The summed E-state index contributed by atoms with van der Waals surface area (Å²) in [7, 11) is 0. The SMILES string of the molecule is CC(=O)N1CCN(CCCO)CC1.CC(=O)N1CCN(CCCOC(=O)Oc2ccc([NH+]([O-])O)cc2)CC1.O=C(Cl)Oc1ccc([N+](=O)[O-])cc1. The molecule has 1 atom stereocenters. The minimum Gasteiger partial charge on any atom is -0.595 e.